The van der Waals surface area contributed by atoms with Gasteiger partial charge in [0, 0.05) is 24.5 Å². The summed E-state index contributed by atoms with van der Waals surface area (Å²) in [4.78, 5) is 5.39. The van der Waals surface area contributed by atoms with Crippen molar-refractivity contribution in [3.8, 4) is 11.3 Å². The van der Waals surface area contributed by atoms with Gasteiger partial charge in [0.05, 0.1) is 23.1 Å². The lowest BCUT2D eigenvalue weighted by Crippen LogP contribution is -2.18. The average molecular weight is 469 g/mol. The number of aromatic nitrogens is 3. The fourth-order valence-electron chi connectivity index (χ4n) is 2.50. The zero-order chi connectivity index (χ0) is 22.4. The number of halogens is 5. The number of nitrogens with one attached hydrogen (secondary N) is 2. The predicted octanol–water partition coefficient (Wildman–Crippen LogP) is 4.79. The average Bonchev–Trinajstić information content (AvgIpc) is 3.06. The highest BCUT2D eigenvalue weighted by atomic mass is 32.5. The summed E-state index contributed by atoms with van der Waals surface area (Å²) >= 11 is 0. The lowest BCUT2D eigenvalue weighted by molar-refractivity contribution is 0.363. The quantitative estimate of drug-likeness (QED) is 0.507. The smallest absolute Gasteiger partial charge is 0.311 e. The largest absolute Gasteiger partial charge is 0.340 e. The molecule has 0 amide bonds. The van der Waals surface area contributed by atoms with Crippen molar-refractivity contribution in [3.63, 3.8) is 0 Å². The molecule has 0 saturated heterocycles. The van der Waals surface area contributed by atoms with Crippen molar-refractivity contribution in [3.05, 3.63) is 49.1 Å². The molecule has 0 atom stereocenters. The molecule has 2 N–H and O–H groups in total. The molecule has 0 bridgehead atoms. The van der Waals surface area contributed by atoms with Gasteiger partial charge < -0.3 is 9.88 Å². The first kappa shape index (κ1) is 22.0. The van der Waals surface area contributed by atoms with E-state index in [2.05, 4.69) is 20.0 Å². The van der Waals surface area contributed by atoms with Crippen molar-refractivity contribution < 1.29 is 27.8 Å². The molecule has 164 valence electrons. The molecule has 0 aliphatic heterocycles. The molecule has 0 spiro atoms. The highest BCUT2D eigenvalue weighted by molar-refractivity contribution is 8.45. The number of nitrogens with zero attached hydrogens (tertiary/aromatic N) is 3. The first-order valence-corrected chi connectivity index (χ1v) is 11.6. The maximum Gasteiger partial charge on any atom is 0.311 e. The summed E-state index contributed by atoms with van der Waals surface area (Å²) < 4.78 is 92.3. The van der Waals surface area contributed by atoms with E-state index in [4.69, 9.17) is 0 Å². The van der Waals surface area contributed by atoms with Crippen molar-refractivity contribution in [1.29, 1.82) is 0 Å². The fourth-order valence-corrected chi connectivity index (χ4v) is 3.83. The highest BCUT2D eigenvalue weighted by Gasteiger charge is 2.65. The molecule has 0 fully saturated rings. The van der Waals surface area contributed by atoms with Crippen LogP contribution in [0.2, 0.25) is 0 Å². The second kappa shape index (κ2) is 6.39. The van der Waals surface area contributed by atoms with Gasteiger partial charge in [-0.2, -0.15) is 0 Å². The first-order valence-electron chi connectivity index (χ1n) is 8.12. The lowest BCUT2D eigenvalue weighted by atomic mass is 10.1. The second-order valence-electron chi connectivity index (χ2n) is 6.31. The molecule has 3 aromatic rings. The van der Waals surface area contributed by atoms with Crippen molar-refractivity contribution >= 4 is 31.8 Å². The van der Waals surface area contributed by atoms with Crippen LogP contribution >= 0.6 is 10.2 Å². The summed E-state index contributed by atoms with van der Waals surface area (Å²) in [7, 11) is -10.7. The molecule has 0 unspecified atom stereocenters. The minimum Gasteiger partial charge on any atom is -0.340 e. The Morgan fingerprint density at radius 2 is 1.73 bits per heavy atom. The number of benzene rings is 1. The van der Waals surface area contributed by atoms with Gasteiger partial charge in [-0.1, -0.05) is 19.4 Å². The number of imidazole rings is 1. The van der Waals surface area contributed by atoms with Crippen LogP contribution in [0.5, 0.6) is 0 Å². The van der Waals surface area contributed by atoms with E-state index in [9.17, 15) is 27.8 Å². The van der Waals surface area contributed by atoms with Gasteiger partial charge in [0.25, 0.3) is 0 Å². The second-order valence-corrected chi connectivity index (χ2v) is 10.6. The molecule has 14 heteroatoms. The first-order chi connectivity index (χ1) is 13.6. The minimum atomic E-state index is -9.83. The number of pyridine rings is 1. The van der Waals surface area contributed by atoms with Crippen molar-refractivity contribution in [2.45, 2.75) is 9.79 Å². The van der Waals surface area contributed by atoms with E-state index < -0.39 is 25.1 Å². The van der Waals surface area contributed by atoms with Gasteiger partial charge in [0.15, 0.2) is 0 Å². The maximum atomic E-state index is 12.8. The number of hydrogen-bond donors (Lipinski definition) is 2. The van der Waals surface area contributed by atoms with Crippen LogP contribution in [0.1, 0.15) is 0 Å². The van der Waals surface area contributed by atoms with Crippen LogP contribution in [0.15, 0.2) is 58.8 Å². The number of sulfonamides is 1. The third-order valence-corrected chi connectivity index (χ3v) is 6.54. The van der Waals surface area contributed by atoms with E-state index in [1.807, 2.05) is 0 Å². The molecule has 2 heterocycles. The molecule has 0 radical (unpaired) electrons. The Labute approximate surface area is 168 Å². The molecule has 2 aromatic heterocycles. The van der Waals surface area contributed by atoms with E-state index >= 15 is 0 Å². The van der Waals surface area contributed by atoms with Gasteiger partial charge in [-0.05, 0) is 37.4 Å². The van der Waals surface area contributed by atoms with E-state index in [1.165, 1.54) is 31.6 Å². The summed E-state index contributed by atoms with van der Waals surface area (Å²) in [5, 5.41) is 2.71. The van der Waals surface area contributed by atoms with Gasteiger partial charge in [0.2, 0.25) is 10.0 Å². The summed E-state index contributed by atoms with van der Waals surface area (Å²) in [6, 6.07) is 4.95. The van der Waals surface area contributed by atoms with Crippen LogP contribution in [0, 0.1) is 0 Å². The molecular weight excluding hydrogens is 453 g/mol. The van der Waals surface area contributed by atoms with Gasteiger partial charge in [0.1, 0.15) is 10.7 Å². The van der Waals surface area contributed by atoms with E-state index in [0.29, 0.717) is 11.3 Å². The van der Waals surface area contributed by atoms with Gasteiger partial charge in [-0.15, -0.1) is 0 Å². The van der Waals surface area contributed by atoms with Gasteiger partial charge in [-0.25, -0.2) is 23.1 Å². The Morgan fingerprint density at radius 1 is 1.03 bits per heavy atom. The Kier molecular flexibility index (Phi) is 4.68. The van der Waals surface area contributed by atoms with Crippen LogP contribution in [0.4, 0.5) is 30.9 Å². The monoisotopic (exact) mass is 469 g/mol. The van der Waals surface area contributed by atoms with Crippen LogP contribution in [-0.2, 0) is 17.1 Å². The number of hydrogen-bond acceptors (Lipinski definition) is 5. The third kappa shape index (κ3) is 4.71. The summed E-state index contributed by atoms with van der Waals surface area (Å²) in [6.45, 7) is 0. The van der Waals surface area contributed by atoms with Crippen molar-refractivity contribution in [2.24, 2.45) is 7.05 Å². The van der Waals surface area contributed by atoms with Crippen molar-refractivity contribution in [2.75, 3.05) is 12.4 Å². The van der Waals surface area contributed by atoms with E-state index in [-0.39, 0.29) is 28.7 Å². The van der Waals surface area contributed by atoms with E-state index in [0.717, 1.165) is 6.07 Å². The Bertz CT molecular complexity index is 1210. The molecule has 30 heavy (non-hydrogen) atoms. The molecular formula is C16H16F5N5O2S2. The Hall–Kier alpha value is -2.71. The number of anilines is 2. The maximum absolute atomic E-state index is 12.8. The molecule has 0 saturated carbocycles. The predicted molar refractivity (Wildman–Crippen MR) is 104 cm³/mol. The Balaban J connectivity index is 2.04. The van der Waals surface area contributed by atoms with Gasteiger partial charge in [-0.3, -0.25) is 0 Å². The third-order valence-electron chi connectivity index (χ3n) is 4.00. The summed E-state index contributed by atoms with van der Waals surface area (Å²) in [5.41, 5.74) is 0.943. The summed E-state index contributed by atoms with van der Waals surface area (Å²) in [5.74, 6) is -0.151. The number of aryl methyl sites for hydroxylation is 1. The molecule has 1 aromatic carbocycles. The molecule has 7 nitrogen and oxygen atoms in total. The molecule has 0 aliphatic carbocycles. The van der Waals surface area contributed by atoms with Crippen LogP contribution in [-0.4, -0.2) is 30.0 Å². The Morgan fingerprint density at radius 3 is 2.23 bits per heavy atom. The lowest BCUT2D eigenvalue weighted by Gasteiger charge is -2.40. The van der Waals surface area contributed by atoms with Crippen molar-refractivity contribution in [1.82, 2.24) is 19.3 Å². The molecule has 0 aliphatic rings. The minimum absolute atomic E-state index is 0.0458. The van der Waals surface area contributed by atoms with Crippen LogP contribution in [0.3, 0.4) is 0 Å². The normalized spacial score (nSPS) is 14.8. The highest BCUT2D eigenvalue weighted by Crippen LogP contribution is 3.02. The van der Waals surface area contributed by atoms with Gasteiger partial charge >= 0.3 is 10.2 Å². The molecule has 3 rings (SSSR count). The van der Waals surface area contributed by atoms with Crippen LogP contribution in [0.25, 0.3) is 11.3 Å². The van der Waals surface area contributed by atoms with E-state index in [1.54, 1.807) is 17.8 Å². The number of rotatable bonds is 6. The summed E-state index contributed by atoms with van der Waals surface area (Å²) in [6.07, 6.45) is 3.12. The van der Waals surface area contributed by atoms with Crippen LogP contribution < -0.4 is 10.0 Å². The fraction of sp³-hybridized carbons (Fsp3) is 0.125. The SMILES string of the molecule is CNS(=O)(=O)c1ccc(Nc2ccc(S(F)(F)(F)(F)F)cn2)c(-c2cn(C)cn2)c1. The topological polar surface area (TPSA) is 88.9 Å². The zero-order valence-electron chi connectivity index (χ0n) is 15.5. The standard InChI is InChI=1S/C16H16F5N5O2S2/c1-22-29(27,28)11-3-5-14(13(7-11)15-9-26(2)10-24-15)25-16-6-4-12(8-23-16)30(17,18,19,20)21/h3-10,22H,1-2H3,(H,23,25). The zero-order valence-corrected chi connectivity index (χ0v) is 17.1.